The van der Waals surface area contributed by atoms with Crippen LogP contribution in [0.3, 0.4) is 0 Å². The molecule has 130 valence electrons. The lowest BCUT2D eigenvalue weighted by Gasteiger charge is -2.34. The molecule has 1 atom stereocenters. The van der Waals surface area contributed by atoms with E-state index in [9.17, 15) is 8.68 Å². The van der Waals surface area contributed by atoms with E-state index >= 15 is 0 Å². The van der Waals surface area contributed by atoms with E-state index in [4.69, 9.17) is 0 Å². The van der Waals surface area contributed by atoms with Gasteiger partial charge in [-0.2, -0.15) is 9.19 Å². The predicted octanol–water partition coefficient (Wildman–Crippen LogP) is 4.13. The lowest BCUT2D eigenvalue weighted by atomic mass is 9.99. The lowest BCUT2D eigenvalue weighted by molar-refractivity contribution is 0.194. The molecule has 6 nitrogen and oxygen atoms in total. The molecule has 2 aromatic rings. The number of urea groups is 1. The third kappa shape index (κ3) is 2.70. The van der Waals surface area contributed by atoms with Crippen LogP contribution in [0.15, 0.2) is 29.9 Å². The molecule has 1 aliphatic heterocycles. The number of halogens is 1. The van der Waals surface area contributed by atoms with Gasteiger partial charge in [0.1, 0.15) is 11.0 Å². The van der Waals surface area contributed by atoms with Crippen LogP contribution in [-0.4, -0.2) is 31.1 Å². The Bertz CT molecular complexity index is 919. The number of nitrogens with zero attached hydrogens (tertiary/aromatic N) is 4. The van der Waals surface area contributed by atoms with Crippen LogP contribution < -0.4 is 5.32 Å². The van der Waals surface area contributed by atoms with Crippen LogP contribution in [0.25, 0.3) is 11.0 Å². The van der Waals surface area contributed by atoms with Gasteiger partial charge in [0.25, 0.3) is 0 Å². The molecule has 4 rings (SSSR count). The number of fused-ring (bicyclic) bond motifs is 2. The first kappa shape index (κ1) is 16.1. The second kappa shape index (κ2) is 6.18. The minimum atomic E-state index is -0.170. The quantitative estimate of drug-likeness (QED) is 0.895. The van der Waals surface area contributed by atoms with Crippen LogP contribution >= 0.6 is 12.3 Å². The number of carbonyl (C=O) groups is 1. The summed E-state index contributed by atoms with van der Waals surface area (Å²) in [5, 5.41) is 7.01. The van der Waals surface area contributed by atoms with Gasteiger partial charge in [-0.25, -0.2) is 9.78 Å². The number of rotatable bonds is 3. The number of hydrogen-bond acceptors (Lipinski definition) is 4. The van der Waals surface area contributed by atoms with Crippen molar-refractivity contribution < 1.29 is 8.68 Å². The highest BCUT2D eigenvalue weighted by Gasteiger charge is 2.30. The predicted molar refractivity (Wildman–Crippen MR) is 96.8 cm³/mol. The number of nitrogens with one attached hydrogen (secondary N) is 1. The van der Waals surface area contributed by atoms with Crippen LogP contribution in [0.5, 0.6) is 0 Å². The number of pyridine rings is 1. The van der Waals surface area contributed by atoms with E-state index in [0.717, 1.165) is 24.1 Å². The molecule has 0 radical (unpaired) electrons. The monoisotopic (exact) mass is 359 g/mol. The van der Waals surface area contributed by atoms with Crippen molar-refractivity contribution in [1.29, 1.82) is 0 Å². The molecule has 2 aromatic heterocycles. The third-order valence-corrected chi connectivity index (χ3v) is 5.14. The second-order valence-electron chi connectivity index (χ2n) is 6.30. The standard InChI is InChI=1S/C17H18FN5OS/c1-10-16-15(23(21-10)25-18)8-13-14(19-16)9-22(17(24)20-13)11(2)12-6-4-3-5-7-12/h4,6-8,11H,3,5,9H2,1-2H3,(H,20,24). The number of amides is 2. The third-order valence-electron chi connectivity index (χ3n) is 4.73. The van der Waals surface area contributed by atoms with Crippen molar-refractivity contribution in [3.63, 3.8) is 0 Å². The SMILES string of the molecule is Cc1nn(SF)c2cc3c(nc12)CN(C(C)C1=CCCC=C1)C(=O)N3. The first-order valence-electron chi connectivity index (χ1n) is 8.21. The van der Waals surface area contributed by atoms with Gasteiger partial charge in [0.15, 0.2) is 12.3 Å². The van der Waals surface area contributed by atoms with Gasteiger partial charge in [0.05, 0.1) is 29.7 Å². The lowest BCUT2D eigenvalue weighted by Crippen LogP contribution is -2.45. The van der Waals surface area contributed by atoms with Crippen molar-refractivity contribution in [2.75, 3.05) is 5.32 Å². The molecule has 1 N–H and O–H groups in total. The Labute approximate surface area is 149 Å². The van der Waals surface area contributed by atoms with Gasteiger partial charge in [-0.05, 0) is 38.3 Å². The molecule has 0 fully saturated rings. The molecule has 0 spiro atoms. The molecule has 2 amide bonds. The Kier molecular flexibility index (Phi) is 3.99. The van der Waals surface area contributed by atoms with Gasteiger partial charge in [-0.3, -0.25) is 0 Å². The maximum absolute atomic E-state index is 13.0. The summed E-state index contributed by atoms with van der Waals surface area (Å²) in [5.41, 5.74) is 4.41. The van der Waals surface area contributed by atoms with Gasteiger partial charge in [-0.1, -0.05) is 18.2 Å². The Balaban J connectivity index is 1.71. The second-order valence-corrected chi connectivity index (χ2v) is 6.78. The zero-order valence-corrected chi connectivity index (χ0v) is 14.8. The van der Waals surface area contributed by atoms with E-state index in [1.807, 2.05) is 6.92 Å². The molecule has 0 aromatic carbocycles. The molecule has 0 bridgehead atoms. The van der Waals surface area contributed by atoms with E-state index in [2.05, 4.69) is 33.6 Å². The zero-order valence-electron chi connectivity index (χ0n) is 14.0. The largest absolute Gasteiger partial charge is 0.322 e. The fourth-order valence-electron chi connectivity index (χ4n) is 3.33. The molecule has 2 aliphatic rings. The number of aromatic nitrogens is 3. The van der Waals surface area contributed by atoms with Gasteiger partial charge in [0.2, 0.25) is 0 Å². The molecule has 3 heterocycles. The van der Waals surface area contributed by atoms with Crippen molar-refractivity contribution in [2.24, 2.45) is 0 Å². The van der Waals surface area contributed by atoms with Gasteiger partial charge >= 0.3 is 6.03 Å². The summed E-state index contributed by atoms with van der Waals surface area (Å²) in [7, 11) is 0. The fourth-order valence-corrected chi connectivity index (χ4v) is 3.69. The number of hydrogen-bond donors (Lipinski definition) is 1. The Morgan fingerprint density at radius 3 is 2.96 bits per heavy atom. The molecule has 1 unspecified atom stereocenters. The molecule has 0 saturated heterocycles. The summed E-state index contributed by atoms with van der Waals surface area (Å²) < 4.78 is 14.2. The first-order valence-corrected chi connectivity index (χ1v) is 8.88. The van der Waals surface area contributed by atoms with E-state index in [1.165, 1.54) is 4.09 Å². The number of carbonyl (C=O) groups excluding carboxylic acids is 1. The van der Waals surface area contributed by atoms with Crippen LogP contribution in [0.1, 0.15) is 31.2 Å². The molecular formula is C17H18FN5OS. The summed E-state index contributed by atoms with van der Waals surface area (Å²) in [6, 6.07) is 1.54. The van der Waals surface area contributed by atoms with Crippen LogP contribution in [0.4, 0.5) is 14.4 Å². The van der Waals surface area contributed by atoms with Gasteiger partial charge in [-0.15, -0.1) is 3.89 Å². The Hall–Kier alpha value is -2.35. The molecule has 8 heteroatoms. The summed E-state index contributed by atoms with van der Waals surface area (Å²) in [4.78, 5) is 19.0. The summed E-state index contributed by atoms with van der Waals surface area (Å²) in [6.45, 7) is 4.23. The summed E-state index contributed by atoms with van der Waals surface area (Å²) in [5.74, 6) is 0. The van der Waals surface area contributed by atoms with Crippen molar-refractivity contribution in [3.05, 3.63) is 41.3 Å². The molecule has 25 heavy (non-hydrogen) atoms. The van der Waals surface area contributed by atoms with E-state index < -0.39 is 0 Å². The maximum Gasteiger partial charge on any atom is 0.322 e. The zero-order chi connectivity index (χ0) is 17.6. The van der Waals surface area contributed by atoms with Crippen molar-refractivity contribution in [3.8, 4) is 0 Å². The highest BCUT2D eigenvalue weighted by molar-refractivity contribution is 7.92. The van der Waals surface area contributed by atoms with E-state index in [1.54, 1.807) is 17.9 Å². The molecular weight excluding hydrogens is 341 g/mol. The van der Waals surface area contributed by atoms with Crippen molar-refractivity contribution in [1.82, 2.24) is 19.1 Å². The fraction of sp³-hybridized carbons (Fsp3) is 0.353. The van der Waals surface area contributed by atoms with Crippen molar-refractivity contribution in [2.45, 2.75) is 39.3 Å². The summed E-state index contributed by atoms with van der Waals surface area (Å²) in [6.07, 6.45) is 8.44. The summed E-state index contributed by atoms with van der Waals surface area (Å²) >= 11 is 0.0222. The van der Waals surface area contributed by atoms with Crippen LogP contribution in [0, 0.1) is 6.92 Å². The minimum absolute atomic E-state index is 0.0222. The molecule has 1 aliphatic carbocycles. The number of aryl methyl sites for hydroxylation is 1. The number of anilines is 1. The van der Waals surface area contributed by atoms with E-state index in [0.29, 0.717) is 29.0 Å². The minimum Gasteiger partial charge on any atom is -0.312 e. The first-order chi connectivity index (χ1) is 12.1. The highest BCUT2D eigenvalue weighted by atomic mass is 32.2. The highest BCUT2D eigenvalue weighted by Crippen LogP contribution is 2.31. The van der Waals surface area contributed by atoms with E-state index in [-0.39, 0.29) is 24.4 Å². The van der Waals surface area contributed by atoms with Crippen LogP contribution in [-0.2, 0) is 6.54 Å². The van der Waals surface area contributed by atoms with Gasteiger partial charge in [0, 0.05) is 0 Å². The number of allylic oxidation sites excluding steroid dienone is 2. The normalized spacial score (nSPS) is 18.1. The van der Waals surface area contributed by atoms with Crippen molar-refractivity contribution >= 4 is 35.1 Å². The average molecular weight is 359 g/mol. The average Bonchev–Trinajstić information content (AvgIpc) is 2.95. The smallest absolute Gasteiger partial charge is 0.312 e. The topological polar surface area (TPSA) is 63.1 Å². The van der Waals surface area contributed by atoms with Gasteiger partial charge < -0.3 is 10.2 Å². The Morgan fingerprint density at radius 2 is 2.24 bits per heavy atom. The maximum atomic E-state index is 13.0. The Morgan fingerprint density at radius 1 is 1.40 bits per heavy atom. The molecule has 0 saturated carbocycles. The van der Waals surface area contributed by atoms with Crippen LogP contribution in [0.2, 0.25) is 0 Å².